The number of aliphatic hydroxyl groups excluding tert-OH is 1. The molecule has 2 atom stereocenters. The molecule has 22 heavy (non-hydrogen) atoms. The molecule has 3 rings (SSSR count). The first-order valence-electron chi connectivity index (χ1n) is 7.60. The van der Waals surface area contributed by atoms with Crippen molar-refractivity contribution in [2.24, 2.45) is 0 Å². The largest absolute Gasteiger partial charge is 0.487 e. The molecule has 3 nitrogen and oxygen atoms in total. The second-order valence-corrected chi connectivity index (χ2v) is 5.63. The number of hydrogen-bond donors (Lipinski definition) is 2. The lowest BCUT2D eigenvalue weighted by Crippen LogP contribution is -2.41. The number of halogens is 1. The molecule has 0 bridgehead atoms. The standard InChI is InChI=1S/C18H20FNO2/c19-15-7-9-17-14(10-15)6-8-18(22-17)16(21)12-20-11-13-4-2-1-3-5-13/h1-5,7,9-10,16,18,20-21H,6,8,11-12H2/t16-,18?/m1/s1. The van der Waals surface area contributed by atoms with Gasteiger partial charge in [-0.3, -0.25) is 0 Å². The third kappa shape index (κ3) is 3.64. The zero-order valence-corrected chi connectivity index (χ0v) is 12.3. The highest BCUT2D eigenvalue weighted by Crippen LogP contribution is 2.29. The van der Waals surface area contributed by atoms with E-state index in [0.29, 0.717) is 25.3 Å². The molecule has 0 aromatic heterocycles. The van der Waals surface area contributed by atoms with Gasteiger partial charge >= 0.3 is 0 Å². The van der Waals surface area contributed by atoms with Crippen LogP contribution in [0.4, 0.5) is 4.39 Å². The summed E-state index contributed by atoms with van der Waals surface area (Å²) in [7, 11) is 0. The van der Waals surface area contributed by atoms with E-state index in [1.165, 1.54) is 17.7 Å². The molecule has 1 unspecified atom stereocenters. The van der Waals surface area contributed by atoms with Gasteiger partial charge in [-0.05, 0) is 42.2 Å². The summed E-state index contributed by atoms with van der Waals surface area (Å²) in [6, 6.07) is 14.6. The molecule has 2 N–H and O–H groups in total. The maximum Gasteiger partial charge on any atom is 0.126 e. The van der Waals surface area contributed by atoms with Crippen molar-refractivity contribution < 1.29 is 14.2 Å². The van der Waals surface area contributed by atoms with E-state index in [0.717, 1.165) is 12.0 Å². The molecule has 0 aliphatic carbocycles. The Morgan fingerprint density at radius 3 is 2.86 bits per heavy atom. The minimum Gasteiger partial charge on any atom is -0.487 e. The van der Waals surface area contributed by atoms with Gasteiger partial charge in [0.2, 0.25) is 0 Å². The Morgan fingerprint density at radius 2 is 2.05 bits per heavy atom. The molecule has 2 aromatic rings. The van der Waals surface area contributed by atoms with Gasteiger partial charge in [0.15, 0.2) is 0 Å². The second kappa shape index (κ2) is 6.90. The van der Waals surface area contributed by atoms with Gasteiger partial charge in [-0.2, -0.15) is 0 Å². The number of aryl methyl sites for hydroxylation is 1. The van der Waals surface area contributed by atoms with Gasteiger partial charge in [-0.15, -0.1) is 0 Å². The van der Waals surface area contributed by atoms with Crippen LogP contribution in [0.15, 0.2) is 48.5 Å². The summed E-state index contributed by atoms with van der Waals surface area (Å²) < 4.78 is 19.0. The van der Waals surface area contributed by atoms with Crippen LogP contribution >= 0.6 is 0 Å². The molecule has 0 amide bonds. The molecule has 0 spiro atoms. The molecule has 1 heterocycles. The smallest absolute Gasteiger partial charge is 0.126 e. The summed E-state index contributed by atoms with van der Waals surface area (Å²) >= 11 is 0. The normalized spacial score (nSPS) is 18.4. The Morgan fingerprint density at radius 1 is 1.23 bits per heavy atom. The van der Waals surface area contributed by atoms with E-state index in [9.17, 15) is 9.50 Å². The van der Waals surface area contributed by atoms with Crippen molar-refractivity contribution in [3.8, 4) is 5.75 Å². The molecule has 2 aromatic carbocycles. The number of ether oxygens (including phenoxy) is 1. The van der Waals surface area contributed by atoms with Gasteiger partial charge in [-0.25, -0.2) is 4.39 Å². The van der Waals surface area contributed by atoms with Crippen LogP contribution in [-0.4, -0.2) is 23.9 Å². The summed E-state index contributed by atoms with van der Waals surface area (Å²) in [5.74, 6) is 0.436. The molecule has 1 aliphatic rings. The number of fused-ring (bicyclic) bond motifs is 1. The van der Waals surface area contributed by atoms with E-state index in [1.54, 1.807) is 6.07 Å². The Hall–Kier alpha value is -1.91. The van der Waals surface area contributed by atoms with Crippen LogP contribution < -0.4 is 10.1 Å². The lowest BCUT2D eigenvalue weighted by atomic mass is 9.99. The van der Waals surface area contributed by atoms with Gasteiger partial charge in [0.05, 0.1) is 0 Å². The van der Waals surface area contributed by atoms with E-state index in [2.05, 4.69) is 5.32 Å². The average Bonchev–Trinajstić information content (AvgIpc) is 2.55. The summed E-state index contributed by atoms with van der Waals surface area (Å²) in [5, 5.41) is 13.5. The van der Waals surface area contributed by atoms with E-state index in [-0.39, 0.29) is 11.9 Å². The summed E-state index contributed by atoms with van der Waals surface area (Å²) in [6.45, 7) is 1.18. The van der Waals surface area contributed by atoms with Gasteiger partial charge in [0.1, 0.15) is 23.8 Å². The lowest BCUT2D eigenvalue weighted by Gasteiger charge is -2.29. The SMILES string of the molecule is O[C@H](CNCc1ccccc1)C1CCc2cc(F)ccc2O1. The lowest BCUT2D eigenvalue weighted by molar-refractivity contribution is 0.0243. The van der Waals surface area contributed by atoms with E-state index < -0.39 is 6.10 Å². The maximum absolute atomic E-state index is 13.2. The molecule has 0 fully saturated rings. The predicted octanol–water partition coefficient (Wildman–Crippen LogP) is 2.67. The molecular formula is C18H20FNO2. The van der Waals surface area contributed by atoms with Crippen molar-refractivity contribution in [3.63, 3.8) is 0 Å². The zero-order valence-electron chi connectivity index (χ0n) is 12.3. The summed E-state index contributed by atoms with van der Waals surface area (Å²) in [5.41, 5.74) is 2.06. The first kappa shape index (κ1) is 15.0. The third-order valence-corrected chi connectivity index (χ3v) is 3.95. The van der Waals surface area contributed by atoms with Crippen molar-refractivity contribution in [2.75, 3.05) is 6.54 Å². The van der Waals surface area contributed by atoms with E-state index in [4.69, 9.17) is 4.74 Å². The van der Waals surface area contributed by atoms with Crippen molar-refractivity contribution in [2.45, 2.75) is 31.6 Å². The van der Waals surface area contributed by atoms with Gasteiger partial charge in [0, 0.05) is 13.1 Å². The van der Waals surface area contributed by atoms with Crippen LogP contribution in [0.5, 0.6) is 5.75 Å². The van der Waals surface area contributed by atoms with Crippen LogP contribution in [0.2, 0.25) is 0 Å². The van der Waals surface area contributed by atoms with Crippen LogP contribution in [0.1, 0.15) is 17.5 Å². The first-order chi connectivity index (χ1) is 10.7. The molecule has 1 aliphatic heterocycles. The number of nitrogens with one attached hydrogen (secondary N) is 1. The van der Waals surface area contributed by atoms with Crippen LogP contribution in [0.25, 0.3) is 0 Å². The van der Waals surface area contributed by atoms with E-state index >= 15 is 0 Å². The molecule has 0 saturated carbocycles. The van der Waals surface area contributed by atoms with Gasteiger partial charge < -0.3 is 15.2 Å². The number of rotatable bonds is 5. The highest BCUT2D eigenvalue weighted by Gasteiger charge is 2.26. The summed E-state index contributed by atoms with van der Waals surface area (Å²) in [4.78, 5) is 0. The first-order valence-corrected chi connectivity index (χ1v) is 7.60. The number of aliphatic hydroxyl groups is 1. The molecule has 0 radical (unpaired) electrons. The molecule has 0 saturated heterocycles. The fraction of sp³-hybridized carbons (Fsp3) is 0.333. The van der Waals surface area contributed by atoms with Crippen LogP contribution in [0.3, 0.4) is 0 Å². The Balaban J connectivity index is 1.51. The third-order valence-electron chi connectivity index (χ3n) is 3.95. The Labute approximate surface area is 129 Å². The van der Waals surface area contributed by atoms with Crippen molar-refractivity contribution in [1.82, 2.24) is 5.32 Å². The molecule has 116 valence electrons. The maximum atomic E-state index is 13.2. The average molecular weight is 301 g/mol. The number of hydrogen-bond acceptors (Lipinski definition) is 3. The highest BCUT2D eigenvalue weighted by molar-refractivity contribution is 5.36. The quantitative estimate of drug-likeness (QED) is 0.892. The topological polar surface area (TPSA) is 41.5 Å². The van der Waals surface area contributed by atoms with E-state index in [1.807, 2.05) is 30.3 Å². The fourth-order valence-corrected chi connectivity index (χ4v) is 2.74. The summed E-state index contributed by atoms with van der Waals surface area (Å²) in [6.07, 6.45) is 0.598. The number of benzene rings is 2. The minimum atomic E-state index is -0.582. The molecule has 4 heteroatoms. The Kier molecular flexibility index (Phi) is 4.71. The van der Waals surface area contributed by atoms with Crippen LogP contribution in [0, 0.1) is 5.82 Å². The minimum absolute atomic E-state index is 0.245. The van der Waals surface area contributed by atoms with Gasteiger partial charge in [-0.1, -0.05) is 30.3 Å². The van der Waals surface area contributed by atoms with Gasteiger partial charge in [0.25, 0.3) is 0 Å². The Bertz CT molecular complexity index is 618. The zero-order chi connectivity index (χ0) is 15.4. The fourth-order valence-electron chi connectivity index (χ4n) is 2.74. The predicted molar refractivity (Wildman–Crippen MR) is 83.3 cm³/mol. The van der Waals surface area contributed by atoms with Crippen molar-refractivity contribution >= 4 is 0 Å². The van der Waals surface area contributed by atoms with Crippen molar-refractivity contribution in [3.05, 3.63) is 65.5 Å². The highest BCUT2D eigenvalue weighted by atomic mass is 19.1. The molecular weight excluding hydrogens is 281 g/mol. The monoisotopic (exact) mass is 301 g/mol. The second-order valence-electron chi connectivity index (χ2n) is 5.63. The van der Waals surface area contributed by atoms with Crippen molar-refractivity contribution in [1.29, 1.82) is 0 Å². The van der Waals surface area contributed by atoms with Crippen LogP contribution in [-0.2, 0) is 13.0 Å².